The summed E-state index contributed by atoms with van der Waals surface area (Å²) in [5, 5.41) is 0. The summed E-state index contributed by atoms with van der Waals surface area (Å²) in [6.45, 7) is 19.4. The maximum absolute atomic E-state index is 13.8. The molecule has 0 radical (unpaired) electrons. The average molecular weight is 657 g/mol. The van der Waals surface area contributed by atoms with Crippen molar-refractivity contribution in [1.82, 2.24) is 0 Å². The molecule has 9 heteroatoms. The largest absolute Gasteiger partial charge is 0.346 e. The van der Waals surface area contributed by atoms with Crippen LogP contribution in [-0.2, 0) is 43.7 Å². The van der Waals surface area contributed by atoms with Gasteiger partial charge in [0.05, 0.1) is 11.8 Å². The van der Waals surface area contributed by atoms with Gasteiger partial charge in [0.15, 0.2) is 0 Å². The second kappa shape index (κ2) is 21.3. The van der Waals surface area contributed by atoms with Crippen LogP contribution >= 0.6 is 0 Å². The molecule has 0 saturated heterocycles. The van der Waals surface area contributed by atoms with Crippen molar-refractivity contribution in [2.24, 2.45) is 23.7 Å². The van der Waals surface area contributed by atoms with Crippen LogP contribution in [0.4, 0.5) is 0 Å². The number of unbranched alkanes of at least 4 members (excludes halogenated alkanes) is 7. The van der Waals surface area contributed by atoms with Gasteiger partial charge in [-0.3, -0.25) is 14.7 Å². The van der Waals surface area contributed by atoms with Crippen LogP contribution in [0.1, 0.15) is 178 Å². The lowest BCUT2D eigenvalue weighted by Gasteiger charge is -2.40. The topological polar surface area (TPSA) is 107 Å². The van der Waals surface area contributed by atoms with Gasteiger partial charge in [0.2, 0.25) is 0 Å². The first-order chi connectivity index (χ1) is 21.6. The fourth-order valence-electron chi connectivity index (χ4n) is 5.54. The van der Waals surface area contributed by atoms with E-state index in [1.807, 2.05) is 62.3 Å². The highest BCUT2D eigenvalue weighted by molar-refractivity contribution is 5.82. The van der Waals surface area contributed by atoms with Crippen LogP contribution in [0.5, 0.6) is 0 Å². The summed E-state index contributed by atoms with van der Waals surface area (Å²) in [6, 6.07) is 0. The van der Waals surface area contributed by atoms with Gasteiger partial charge in [-0.25, -0.2) is 14.4 Å². The summed E-state index contributed by atoms with van der Waals surface area (Å²) in [5.41, 5.74) is -1.74. The molecule has 1 saturated carbocycles. The second-order valence-electron chi connectivity index (χ2n) is 15.2. The molecular weight excluding hydrogens is 588 g/mol. The van der Waals surface area contributed by atoms with Gasteiger partial charge in [-0.15, -0.1) is 0 Å². The van der Waals surface area contributed by atoms with Crippen LogP contribution in [0, 0.1) is 23.7 Å². The Labute approximate surface area is 280 Å². The van der Waals surface area contributed by atoms with Crippen molar-refractivity contribution in [2.45, 2.75) is 195 Å². The normalized spacial score (nSPS) is 20.7. The molecule has 4 unspecified atom stereocenters. The molecule has 0 spiro atoms. The minimum atomic E-state index is -0.666. The van der Waals surface area contributed by atoms with E-state index >= 15 is 0 Å². The molecule has 270 valence electrons. The standard InChI is InChI=1S/C37H68O9/c1-11-15-16-20-23-28-26-27-29(24-21-18-17-19-22-25-30(38)41-44-35(5,6)12-2)32(34(40)43-46-37(9,10)14-4)31(28)33(39)42-45-36(7,8)13-3/h28-29,31-32H,11-27H2,1-10H3. The van der Waals surface area contributed by atoms with E-state index in [9.17, 15) is 14.4 Å². The van der Waals surface area contributed by atoms with Crippen molar-refractivity contribution in [3.8, 4) is 0 Å². The molecule has 0 aliphatic heterocycles. The molecule has 1 aliphatic carbocycles. The Morgan fingerprint density at radius 2 is 0.891 bits per heavy atom. The molecule has 0 aromatic rings. The third-order valence-electron chi connectivity index (χ3n) is 9.85. The second-order valence-corrected chi connectivity index (χ2v) is 15.2. The zero-order valence-electron chi connectivity index (χ0n) is 31.0. The summed E-state index contributed by atoms with van der Waals surface area (Å²) in [4.78, 5) is 71.9. The Morgan fingerprint density at radius 3 is 1.30 bits per heavy atom. The lowest BCUT2D eigenvalue weighted by Crippen LogP contribution is -2.46. The molecule has 4 atom stereocenters. The number of carbonyl (C=O) groups is 3. The minimum Gasteiger partial charge on any atom is -0.298 e. The molecule has 0 amide bonds. The van der Waals surface area contributed by atoms with Crippen molar-refractivity contribution >= 4 is 17.9 Å². The van der Waals surface area contributed by atoms with Gasteiger partial charge in [0, 0.05) is 6.42 Å². The number of rotatable bonds is 24. The molecule has 1 rings (SSSR count). The van der Waals surface area contributed by atoms with Crippen molar-refractivity contribution in [3.63, 3.8) is 0 Å². The van der Waals surface area contributed by atoms with Crippen LogP contribution in [0.25, 0.3) is 0 Å². The lowest BCUT2D eigenvalue weighted by atomic mass is 9.64. The van der Waals surface area contributed by atoms with Crippen LogP contribution in [0.2, 0.25) is 0 Å². The summed E-state index contributed by atoms with van der Waals surface area (Å²) in [6.07, 6.45) is 14.6. The van der Waals surface area contributed by atoms with Crippen LogP contribution < -0.4 is 0 Å². The van der Waals surface area contributed by atoms with E-state index in [4.69, 9.17) is 29.3 Å². The molecule has 1 fully saturated rings. The highest BCUT2D eigenvalue weighted by atomic mass is 17.2. The van der Waals surface area contributed by atoms with Gasteiger partial charge < -0.3 is 0 Å². The van der Waals surface area contributed by atoms with Crippen LogP contribution in [-0.4, -0.2) is 34.7 Å². The Bertz CT molecular complexity index is 882. The van der Waals surface area contributed by atoms with Gasteiger partial charge in [-0.2, -0.15) is 14.7 Å². The first-order valence-electron chi connectivity index (χ1n) is 18.3. The summed E-state index contributed by atoms with van der Waals surface area (Å²) in [5.74, 6) is -2.65. The maximum Gasteiger partial charge on any atom is 0.346 e. The van der Waals surface area contributed by atoms with E-state index in [0.29, 0.717) is 19.3 Å². The summed E-state index contributed by atoms with van der Waals surface area (Å²) >= 11 is 0. The van der Waals surface area contributed by atoms with Crippen LogP contribution in [0.15, 0.2) is 0 Å². The molecular formula is C37H68O9. The maximum atomic E-state index is 13.8. The van der Waals surface area contributed by atoms with Gasteiger partial charge >= 0.3 is 17.9 Å². The third kappa shape index (κ3) is 16.4. The van der Waals surface area contributed by atoms with E-state index in [1.165, 1.54) is 0 Å². The predicted octanol–water partition coefficient (Wildman–Crippen LogP) is 9.94. The Morgan fingerprint density at radius 1 is 0.522 bits per heavy atom. The van der Waals surface area contributed by atoms with Crippen molar-refractivity contribution in [3.05, 3.63) is 0 Å². The number of hydrogen-bond acceptors (Lipinski definition) is 9. The van der Waals surface area contributed by atoms with E-state index in [0.717, 1.165) is 89.9 Å². The quantitative estimate of drug-likeness (QED) is 0.0570. The molecule has 0 aromatic carbocycles. The first kappa shape index (κ1) is 42.3. The number of hydrogen-bond donors (Lipinski definition) is 0. The molecule has 0 N–H and O–H groups in total. The van der Waals surface area contributed by atoms with Crippen molar-refractivity contribution in [1.29, 1.82) is 0 Å². The monoisotopic (exact) mass is 656 g/mol. The third-order valence-corrected chi connectivity index (χ3v) is 9.85. The number of carbonyl (C=O) groups excluding carboxylic acids is 3. The first-order valence-corrected chi connectivity index (χ1v) is 18.3. The zero-order valence-corrected chi connectivity index (χ0v) is 31.0. The van der Waals surface area contributed by atoms with Gasteiger partial charge in [-0.05, 0) is 105 Å². The minimum absolute atomic E-state index is 0.0114. The molecule has 46 heavy (non-hydrogen) atoms. The Hall–Kier alpha value is -1.71. The Kier molecular flexibility index (Phi) is 19.6. The molecule has 0 heterocycles. The lowest BCUT2D eigenvalue weighted by molar-refractivity contribution is -0.337. The average Bonchev–Trinajstić information content (AvgIpc) is 3.03. The fraction of sp³-hybridized carbons (Fsp3) is 0.919. The van der Waals surface area contributed by atoms with Gasteiger partial charge in [0.1, 0.15) is 16.8 Å². The van der Waals surface area contributed by atoms with Gasteiger partial charge in [-0.1, -0.05) is 79.1 Å². The Balaban J connectivity index is 2.93. The van der Waals surface area contributed by atoms with Crippen LogP contribution in [0.3, 0.4) is 0 Å². The SMILES string of the molecule is CCCCCCC1CCC(CCCCCCCC(=O)OOC(C)(C)CC)C(C(=O)OOC(C)(C)CC)C1C(=O)OOC(C)(C)CC. The summed E-state index contributed by atoms with van der Waals surface area (Å²) in [7, 11) is 0. The smallest absolute Gasteiger partial charge is 0.298 e. The van der Waals surface area contributed by atoms with Gasteiger partial charge in [0.25, 0.3) is 0 Å². The molecule has 0 bridgehead atoms. The molecule has 0 aromatic heterocycles. The van der Waals surface area contributed by atoms with E-state index in [1.54, 1.807) is 0 Å². The molecule has 1 aliphatic rings. The van der Waals surface area contributed by atoms with E-state index in [-0.39, 0.29) is 17.8 Å². The summed E-state index contributed by atoms with van der Waals surface area (Å²) < 4.78 is 0. The zero-order chi connectivity index (χ0) is 34.8. The van der Waals surface area contributed by atoms with Crippen molar-refractivity contribution in [2.75, 3.05) is 0 Å². The highest BCUT2D eigenvalue weighted by Crippen LogP contribution is 2.45. The van der Waals surface area contributed by atoms with E-state index in [2.05, 4.69) is 6.92 Å². The van der Waals surface area contributed by atoms with E-state index < -0.39 is 40.6 Å². The molecule has 9 nitrogen and oxygen atoms in total. The fourth-order valence-corrected chi connectivity index (χ4v) is 5.54. The van der Waals surface area contributed by atoms with Crippen molar-refractivity contribution < 1.29 is 43.7 Å². The highest BCUT2D eigenvalue weighted by Gasteiger charge is 2.49. The predicted molar refractivity (Wildman–Crippen MR) is 179 cm³/mol.